The molecular formula is C13H22N2O4S. The zero-order valence-corrected chi connectivity index (χ0v) is 12.4. The van der Waals surface area contributed by atoms with Gasteiger partial charge in [0.25, 0.3) is 10.0 Å². The van der Waals surface area contributed by atoms with Crippen molar-refractivity contribution in [3.63, 3.8) is 0 Å². The zero-order chi connectivity index (χ0) is 14.8. The Morgan fingerprint density at radius 3 is 2.65 bits per heavy atom. The number of nitrogens with two attached hydrogens (primary N) is 1. The van der Waals surface area contributed by atoms with Crippen molar-refractivity contribution in [2.45, 2.75) is 49.8 Å². The van der Waals surface area contributed by atoms with Gasteiger partial charge < -0.3 is 14.8 Å². The van der Waals surface area contributed by atoms with Gasteiger partial charge in [0, 0.05) is 6.54 Å². The maximum Gasteiger partial charge on any atom is 0.271 e. The third-order valence-corrected chi connectivity index (χ3v) is 4.66. The molecule has 1 aliphatic carbocycles. The predicted molar refractivity (Wildman–Crippen MR) is 74.4 cm³/mol. The molecule has 0 amide bonds. The van der Waals surface area contributed by atoms with Gasteiger partial charge in [-0.25, -0.2) is 13.6 Å². The molecule has 1 fully saturated rings. The Kier molecular flexibility index (Phi) is 4.53. The van der Waals surface area contributed by atoms with E-state index in [4.69, 9.17) is 9.56 Å². The molecule has 1 aromatic heterocycles. The third kappa shape index (κ3) is 4.05. The van der Waals surface area contributed by atoms with Gasteiger partial charge in [-0.15, -0.1) is 0 Å². The van der Waals surface area contributed by atoms with Crippen LogP contribution in [0.5, 0.6) is 0 Å². The summed E-state index contributed by atoms with van der Waals surface area (Å²) >= 11 is 0. The summed E-state index contributed by atoms with van der Waals surface area (Å²) in [5, 5.41) is 18.2. The molecule has 0 radical (unpaired) electrons. The van der Waals surface area contributed by atoms with E-state index < -0.39 is 15.6 Å². The molecule has 1 aromatic rings. The van der Waals surface area contributed by atoms with Gasteiger partial charge >= 0.3 is 0 Å². The van der Waals surface area contributed by atoms with Crippen LogP contribution in [0.2, 0.25) is 0 Å². The summed E-state index contributed by atoms with van der Waals surface area (Å²) < 4.78 is 27.3. The summed E-state index contributed by atoms with van der Waals surface area (Å²) in [6, 6.07) is 2.91. The molecule has 0 aliphatic heterocycles. The van der Waals surface area contributed by atoms with E-state index in [2.05, 4.69) is 12.2 Å². The molecule has 2 rings (SSSR count). The van der Waals surface area contributed by atoms with E-state index in [1.54, 1.807) is 6.07 Å². The van der Waals surface area contributed by atoms with Gasteiger partial charge in [0.15, 0.2) is 0 Å². The smallest absolute Gasteiger partial charge is 0.271 e. The molecule has 4 N–H and O–H groups in total. The van der Waals surface area contributed by atoms with Crippen LogP contribution in [0.4, 0.5) is 0 Å². The van der Waals surface area contributed by atoms with Crippen LogP contribution < -0.4 is 10.5 Å². The van der Waals surface area contributed by atoms with Gasteiger partial charge in [0.05, 0.1) is 12.1 Å². The highest BCUT2D eigenvalue weighted by atomic mass is 32.2. The zero-order valence-electron chi connectivity index (χ0n) is 11.6. The number of nitrogens with one attached hydrogen (secondary N) is 1. The quantitative estimate of drug-likeness (QED) is 0.751. The Balaban J connectivity index is 1.83. The Labute approximate surface area is 119 Å². The van der Waals surface area contributed by atoms with Crippen molar-refractivity contribution in [3.8, 4) is 0 Å². The molecule has 0 bridgehead atoms. The van der Waals surface area contributed by atoms with Crippen molar-refractivity contribution < 1.29 is 17.9 Å². The molecule has 1 aliphatic rings. The van der Waals surface area contributed by atoms with E-state index in [9.17, 15) is 13.5 Å². The van der Waals surface area contributed by atoms with Crippen LogP contribution in [0.15, 0.2) is 21.6 Å². The van der Waals surface area contributed by atoms with E-state index in [1.165, 1.54) is 6.07 Å². The molecule has 1 heterocycles. The summed E-state index contributed by atoms with van der Waals surface area (Å²) in [6.07, 6.45) is 3.66. The fraction of sp³-hybridized carbons (Fsp3) is 0.692. The average Bonchev–Trinajstić information content (AvgIpc) is 2.82. The Bertz CT molecular complexity index is 544. The number of sulfonamides is 1. The van der Waals surface area contributed by atoms with Crippen LogP contribution in [0.1, 0.15) is 38.4 Å². The molecule has 20 heavy (non-hydrogen) atoms. The SMILES string of the molecule is CC1CCC(O)(CNCc2ccc(S(N)(=O)=O)o2)CC1. The molecule has 0 atom stereocenters. The van der Waals surface area contributed by atoms with Gasteiger partial charge in [-0.05, 0) is 43.7 Å². The van der Waals surface area contributed by atoms with Gasteiger partial charge in [-0.3, -0.25) is 0 Å². The lowest BCUT2D eigenvalue weighted by Crippen LogP contribution is -2.43. The maximum absolute atomic E-state index is 11.1. The van der Waals surface area contributed by atoms with Crippen molar-refractivity contribution >= 4 is 10.0 Å². The summed E-state index contributed by atoms with van der Waals surface area (Å²) in [6.45, 7) is 3.04. The number of hydrogen-bond donors (Lipinski definition) is 3. The minimum absolute atomic E-state index is 0.237. The number of hydrogen-bond acceptors (Lipinski definition) is 5. The second kappa shape index (κ2) is 5.85. The number of rotatable bonds is 5. The lowest BCUT2D eigenvalue weighted by Gasteiger charge is -2.35. The van der Waals surface area contributed by atoms with Crippen molar-refractivity contribution in [1.82, 2.24) is 5.32 Å². The maximum atomic E-state index is 11.1. The topological polar surface area (TPSA) is 106 Å². The first-order chi connectivity index (χ1) is 9.28. The standard InChI is InChI=1S/C13H22N2O4S/c1-10-4-6-13(16,7-5-10)9-15-8-11-2-3-12(19-11)20(14,17)18/h2-3,10,15-16H,4-9H2,1H3,(H2,14,17,18). The highest BCUT2D eigenvalue weighted by molar-refractivity contribution is 7.89. The fourth-order valence-corrected chi connectivity index (χ4v) is 2.98. The van der Waals surface area contributed by atoms with Gasteiger partial charge in [0.2, 0.25) is 5.09 Å². The first kappa shape index (κ1) is 15.5. The Hall–Kier alpha value is -0.890. The third-order valence-electron chi connectivity index (χ3n) is 3.88. The first-order valence-electron chi connectivity index (χ1n) is 6.83. The molecule has 1 saturated carbocycles. The highest BCUT2D eigenvalue weighted by Gasteiger charge is 2.31. The Morgan fingerprint density at radius 2 is 2.10 bits per heavy atom. The van der Waals surface area contributed by atoms with E-state index in [0.29, 0.717) is 24.8 Å². The van der Waals surface area contributed by atoms with Crippen LogP contribution in [0.3, 0.4) is 0 Å². The second-order valence-corrected chi connectivity index (χ2v) is 7.27. The molecule has 0 saturated heterocycles. The fourth-order valence-electron chi connectivity index (χ4n) is 2.50. The average molecular weight is 302 g/mol. The van der Waals surface area contributed by atoms with Crippen LogP contribution in [0.25, 0.3) is 0 Å². The number of aliphatic hydroxyl groups is 1. The van der Waals surface area contributed by atoms with Crippen LogP contribution >= 0.6 is 0 Å². The summed E-state index contributed by atoms with van der Waals surface area (Å²) in [4.78, 5) is 0. The van der Waals surface area contributed by atoms with E-state index in [0.717, 1.165) is 25.7 Å². The van der Waals surface area contributed by atoms with E-state index in [-0.39, 0.29) is 5.09 Å². The minimum Gasteiger partial charge on any atom is -0.447 e. The predicted octanol–water partition coefficient (Wildman–Crippen LogP) is 0.958. The monoisotopic (exact) mass is 302 g/mol. The number of furan rings is 1. The van der Waals surface area contributed by atoms with E-state index >= 15 is 0 Å². The van der Waals surface area contributed by atoms with Crippen molar-refractivity contribution in [2.75, 3.05) is 6.54 Å². The lowest BCUT2D eigenvalue weighted by molar-refractivity contribution is -0.00661. The molecule has 7 heteroatoms. The first-order valence-corrected chi connectivity index (χ1v) is 8.38. The molecule has 114 valence electrons. The van der Waals surface area contributed by atoms with E-state index in [1.807, 2.05) is 0 Å². The second-order valence-electron chi connectivity index (χ2n) is 5.78. The van der Waals surface area contributed by atoms with Crippen molar-refractivity contribution in [1.29, 1.82) is 0 Å². The summed E-state index contributed by atoms with van der Waals surface area (Å²) in [5.41, 5.74) is -0.665. The summed E-state index contributed by atoms with van der Waals surface area (Å²) in [7, 11) is -3.79. The summed E-state index contributed by atoms with van der Waals surface area (Å²) in [5.74, 6) is 1.17. The van der Waals surface area contributed by atoms with Crippen molar-refractivity contribution in [2.24, 2.45) is 11.1 Å². The van der Waals surface area contributed by atoms with Crippen LogP contribution in [0, 0.1) is 5.92 Å². The number of primary sulfonamides is 1. The van der Waals surface area contributed by atoms with Crippen LogP contribution in [-0.4, -0.2) is 25.7 Å². The molecule has 6 nitrogen and oxygen atoms in total. The lowest BCUT2D eigenvalue weighted by atomic mass is 9.79. The van der Waals surface area contributed by atoms with Gasteiger partial charge in [-0.2, -0.15) is 0 Å². The largest absolute Gasteiger partial charge is 0.447 e. The van der Waals surface area contributed by atoms with Gasteiger partial charge in [-0.1, -0.05) is 6.92 Å². The Morgan fingerprint density at radius 1 is 1.45 bits per heavy atom. The normalized spacial score (nSPS) is 27.6. The molecule has 0 unspecified atom stereocenters. The highest BCUT2D eigenvalue weighted by Crippen LogP contribution is 2.31. The molecule has 0 spiro atoms. The molecule has 0 aromatic carbocycles. The minimum atomic E-state index is -3.79. The van der Waals surface area contributed by atoms with Crippen LogP contribution in [-0.2, 0) is 16.6 Å². The van der Waals surface area contributed by atoms with Gasteiger partial charge in [0.1, 0.15) is 5.76 Å². The van der Waals surface area contributed by atoms with Crippen molar-refractivity contribution in [3.05, 3.63) is 17.9 Å². The molecular weight excluding hydrogens is 280 g/mol.